The molecule has 1 heterocycles. The first-order valence-electron chi connectivity index (χ1n) is 6.49. The molecule has 0 unspecified atom stereocenters. The fourth-order valence-electron chi connectivity index (χ4n) is 2.55. The SMILES string of the molecule is Cc1cc(CC=O)ccc1N1CCC(C)CC1. The van der Waals surface area contributed by atoms with E-state index in [4.69, 9.17) is 0 Å². The van der Waals surface area contributed by atoms with E-state index in [0.29, 0.717) is 6.42 Å². The molecule has 0 aliphatic carbocycles. The highest BCUT2D eigenvalue weighted by Crippen LogP contribution is 2.26. The van der Waals surface area contributed by atoms with Gasteiger partial charge in [-0.2, -0.15) is 0 Å². The van der Waals surface area contributed by atoms with Crippen molar-refractivity contribution in [1.82, 2.24) is 0 Å². The second-order valence-corrected chi connectivity index (χ2v) is 5.16. The van der Waals surface area contributed by atoms with Crippen LogP contribution in [0.15, 0.2) is 18.2 Å². The van der Waals surface area contributed by atoms with Crippen molar-refractivity contribution in [1.29, 1.82) is 0 Å². The van der Waals surface area contributed by atoms with Gasteiger partial charge in [-0.25, -0.2) is 0 Å². The molecule has 2 nitrogen and oxygen atoms in total. The van der Waals surface area contributed by atoms with E-state index in [9.17, 15) is 4.79 Å². The molecular formula is C15H21NO. The average molecular weight is 231 g/mol. The molecule has 2 rings (SSSR count). The first kappa shape index (κ1) is 12.2. The van der Waals surface area contributed by atoms with Gasteiger partial charge in [0.25, 0.3) is 0 Å². The molecule has 0 atom stereocenters. The van der Waals surface area contributed by atoms with Crippen molar-refractivity contribution in [2.24, 2.45) is 5.92 Å². The van der Waals surface area contributed by atoms with E-state index < -0.39 is 0 Å². The van der Waals surface area contributed by atoms with Crippen molar-refractivity contribution in [3.8, 4) is 0 Å². The van der Waals surface area contributed by atoms with E-state index in [1.807, 2.05) is 0 Å². The molecule has 0 bridgehead atoms. The third kappa shape index (κ3) is 2.87. The second kappa shape index (κ2) is 5.35. The Morgan fingerprint density at radius 1 is 1.35 bits per heavy atom. The molecule has 1 saturated heterocycles. The van der Waals surface area contributed by atoms with Gasteiger partial charge in [0, 0.05) is 25.2 Å². The van der Waals surface area contributed by atoms with Gasteiger partial charge in [0.15, 0.2) is 0 Å². The summed E-state index contributed by atoms with van der Waals surface area (Å²) < 4.78 is 0. The van der Waals surface area contributed by atoms with Crippen LogP contribution in [0.2, 0.25) is 0 Å². The van der Waals surface area contributed by atoms with E-state index in [0.717, 1.165) is 30.9 Å². The first-order chi connectivity index (χ1) is 8.20. The monoisotopic (exact) mass is 231 g/mol. The predicted molar refractivity (Wildman–Crippen MR) is 71.6 cm³/mol. The van der Waals surface area contributed by atoms with Gasteiger partial charge in [-0.05, 0) is 42.9 Å². The Labute approximate surface area is 104 Å². The van der Waals surface area contributed by atoms with Crippen LogP contribution in [-0.2, 0) is 11.2 Å². The number of carbonyl (C=O) groups excluding carboxylic acids is 1. The summed E-state index contributed by atoms with van der Waals surface area (Å²) in [5, 5.41) is 0. The van der Waals surface area contributed by atoms with Crippen LogP contribution in [0.5, 0.6) is 0 Å². The van der Waals surface area contributed by atoms with E-state index in [1.54, 1.807) is 0 Å². The highest BCUT2D eigenvalue weighted by atomic mass is 16.1. The Kier molecular flexibility index (Phi) is 3.82. The van der Waals surface area contributed by atoms with Gasteiger partial charge in [0.2, 0.25) is 0 Å². The van der Waals surface area contributed by atoms with E-state index in [2.05, 4.69) is 36.9 Å². The molecule has 0 spiro atoms. The highest BCUT2D eigenvalue weighted by Gasteiger charge is 2.17. The number of anilines is 1. The Bertz CT molecular complexity index is 392. The van der Waals surface area contributed by atoms with Crippen LogP contribution in [0.4, 0.5) is 5.69 Å². The molecule has 1 aliphatic rings. The summed E-state index contributed by atoms with van der Waals surface area (Å²) in [6, 6.07) is 6.39. The van der Waals surface area contributed by atoms with E-state index in [-0.39, 0.29) is 0 Å². The van der Waals surface area contributed by atoms with Crippen LogP contribution in [-0.4, -0.2) is 19.4 Å². The number of hydrogen-bond acceptors (Lipinski definition) is 2. The number of nitrogens with zero attached hydrogens (tertiary/aromatic N) is 1. The smallest absolute Gasteiger partial charge is 0.124 e. The summed E-state index contributed by atoms with van der Waals surface area (Å²) in [4.78, 5) is 13.0. The summed E-state index contributed by atoms with van der Waals surface area (Å²) in [5.74, 6) is 0.862. The standard InChI is InChI=1S/C15H21NO/c1-12-5-8-16(9-6-12)15-4-3-14(7-10-17)11-13(15)2/h3-4,10-12H,5-9H2,1-2H3. The minimum absolute atomic E-state index is 0.526. The number of piperidine rings is 1. The van der Waals surface area contributed by atoms with Gasteiger partial charge in [-0.15, -0.1) is 0 Å². The third-order valence-electron chi connectivity index (χ3n) is 3.70. The Balaban J connectivity index is 2.13. The summed E-state index contributed by atoms with van der Waals surface area (Å²) in [5.41, 5.74) is 3.75. The number of aldehydes is 1. The lowest BCUT2D eigenvalue weighted by Gasteiger charge is -2.33. The van der Waals surface area contributed by atoms with Crippen LogP contribution < -0.4 is 4.90 Å². The van der Waals surface area contributed by atoms with E-state index in [1.165, 1.54) is 24.1 Å². The molecule has 0 amide bonds. The predicted octanol–water partition coefficient (Wildman–Crippen LogP) is 2.97. The van der Waals surface area contributed by atoms with Crippen LogP contribution in [0.1, 0.15) is 30.9 Å². The number of benzene rings is 1. The molecule has 17 heavy (non-hydrogen) atoms. The second-order valence-electron chi connectivity index (χ2n) is 5.16. The maximum atomic E-state index is 10.5. The minimum atomic E-state index is 0.526. The molecule has 92 valence electrons. The van der Waals surface area contributed by atoms with Gasteiger partial charge in [-0.1, -0.05) is 19.1 Å². The van der Waals surface area contributed by atoms with Crippen molar-refractivity contribution in [2.45, 2.75) is 33.1 Å². The summed E-state index contributed by atoms with van der Waals surface area (Å²) >= 11 is 0. The molecule has 0 aromatic heterocycles. The quantitative estimate of drug-likeness (QED) is 0.745. The first-order valence-corrected chi connectivity index (χ1v) is 6.49. The van der Waals surface area contributed by atoms with Crippen molar-refractivity contribution in [3.05, 3.63) is 29.3 Å². The lowest BCUT2D eigenvalue weighted by molar-refractivity contribution is -0.107. The van der Waals surface area contributed by atoms with Gasteiger partial charge < -0.3 is 9.69 Å². The molecular weight excluding hydrogens is 210 g/mol. The number of carbonyl (C=O) groups is 1. The van der Waals surface area contributed by atoms with Crippen molar-refractivity contribution in [2.75, 3.05) is 18.0 Å². The normalized spacial score (nSPS) is 17.2. The molecule has 2 heteroatoms. The maximum Gasteiger partial charge on any atom is 0.124 e. The average Bonchev–Trinajstić information content (AvgIpc) is 2.31. The Morgan fingerprint density at radius 3 is 2.65 bits per heavy atom. The summed E-state index contributed by atoms with van der Waals surface area (Å²) in [6.45, 7) is 6.79. The van der Waals surface area contributed by atoms with Crippen LogP contribution >= 0.6 is 0 Å². The number of aryl methyl sites for hydroxylation is 1. The number of rotatable bonds is 3. The largest absolute Gasteiger partial charge is 0.371 e. The van der Waals surface area contributed by atoms with Gasteiger partial charge in [-0.3, -0.25) is 0 Å². The van der Waals surface area contributed by atoms with Crippen molar-refractivity contribution < 1.29 is 4.79 Å². The summed E-state index contributed by atoms with van der Waals surface area (Å²) in [7, 11) is 0. The van der Waals surface area contributed by atoms with Crippen molar-refractivity contribution >= 4 is 12.0 Å². The molecule has 0 saturated carbocycles. The van der Waals surface area contributed by atoms with Crippen LogP contribution in [0, 0.1) is 12.8 Å². The fraction of sp³-hybridized carbons (Fsp3) is 0.533. The fourth-order valence-corrected chi connectivity index (χ4v) is 2.55. The number of hydrogen-bond donors (Lipinski definition) is 0. The zero-order valence-electron chi connectivity index (χ0n) is 10.8. The molecule has 1 aliphatic heterocycles. The molecule has 1 aromatic rings. The van der Waals surface area contributed by atoms with Crippen LogP contribution in [0.25, 0.3) is 0 Å². The topological polar surface area (TPSA) is 20.3 Å². The highest BCUT2D eigenvalue weighted by molar-refractivity contribution is 5.59. The molecule has 0 N–H and O–H groups in total. The zero-order valence-corrected chi connectivity index (χ0v) is 10.8. The van der Waals surface area contributed by atoms with Crippen molar-refractivity contribution in [3.63, 3.8) is 0 Å². The van der Waals surface area contributed by atoms with Crippen LogP contribution in [0.3, 0.4) is 0 Å². The van der Waals surface area contributed by atoms with Gasteiger partial charge in [0.1, 0.15) is 6.29 Å². The van der Waals surface area contributed by atoms with E-state index >= 15 is 0 Å². The molecule has 1 fully saturated rings. The summed E-state index contributed by atoms with van der Waals surface area (Å²) in [6.07, 6.45) is 4.07. The lowest BCUT2D eigenvalue weighted by Crippen LogP contribution is -2.33. The third-order valence-corrected chi connectivity index (χ3v) is 3.70. The van der Waals surface area contributed by atoms with Gasteiger partial charge >= 0.3 is 0 Å². The lowest BCUT2D eigenvalue weighted by atomic mass is 9.97. The molecule has 1 aromatic carbocycles. The maximum absolute atomic E-state index is 10.5. The molecule has 0 radical (unpaired) electrons. The minimum Gasteiger partial charge on any atom is -0.371 e. The zero-order chi connectivity index (χ0) is 12.3. The van der Waals surface area contributed by atoms with Gasteiger partial charge in [0.05, 0.1) is 0 Å². The Hall–Kier alpha value is -1.31. The Morgan fingerprint density at radius 2 is 2.06 bits per heavy atom.